The largest absolute Gasteiger partial charge is 0.411 e. The van der Waals surface area contributed by atoms with E-state index >= 15 is 0 Å². The van der Waals surface area contributed by atoms with Crippen molar-refractivity contribution < 1.29 is 10.0 Å². The summed E-state index contributed by atoms with van der Waals surface area (Å²) in [6.45, 7) is 0. The lowest BCUT2D eigenvalue weighted by Crippen LogP contribution is -2.14. The van der Waals surface area contributed by atoms with Gasteiger partial charge in [-0.15, -0.1) is 0 Å². The van der Waals surface area contributed by atoms with Crippen molar-refractivity contribution in [3.05, 3.63) is 0 Å². The second-order valence-electron chi connectivity index (χ2n) is 4.30. The van der Waals surface area contributed by atoms with Gasteiger partial charge in [-0.25, -0.2) is 0 Å². The Morgan fingerprint density at radius 1 is 0.800 bits per heavy atom. The van der Waals surface area contributed by atoms with Crippen LogP contribution in [-0.2, 0) is 4.79 Å². The number of carbonyl (C=O) groups excluding carboxylic acids is 1. The molecule has 1 saturated carbocycles. The first-order valence-electron chi connectivity index (χ1n) is 6.08. The molecular formula is C12H21NO2. The van der Waals surface area contributed by atoms with Gasteiger partial charge in [-0.1, -0.05) is 43.7 Å². The van der Waals surface area contributed by atoms with Crippen LogP contribution in [0, 0.1) is 0 Å². The molecule has 3 heteroatoms. The minimum Gasteiger partial charge on any atom is -0.411 e. The molecule has 0 aromatic heterocycles. The Labute approximate surface area is 91.6 Å². The lowest BCUT2D eigenvalue weighted by Gasteiger charge is -2.06. The number of hydrogen-bond donors (Lipinski definition) is 1. The van der Waals surface area contributed by atoms with Gasteiger partial charge in [0.1, 0.15) is 5.71 Å². The highest BCUT2D eigenvalue weighted by atomic mass is 16.4. The normalized spacial score (nSPS) is 24.5. The van der Waals surface area contributed by atoms with Crippen molar-refractivity contribution in [2.75, 3.05) is 0 Å². The summed E-state index contributed by atoms with van der Waals surface area (Å²) >= 11 is 0. The number of Topliss-reactive ketones (excluding diaryl/α,β-unsaturated/α-hetero) is 1. The van der Waals surface area contributed by atoms with Gasteiger partial charge in [0.15, 0.2) is 5.78 Å². The molecule has 3 nitrogen and oxygen atoms in total. The van der Waals surface area contributed by atoms with Crippen molar-refractivity contribution in [2.45, 2.75) is 64.2 Å². The van der Waals surface area contributed by atoms with Crippen molar-refractivity contribution in [2.24, 2.45) is 5.16 Å². The zero-order valence-electron chi connectivity index (χ0n) is 9.37. The Morgan fingerprint density at radius 3 is 1.80 bits per heavy atom. The standard InChI is InChI=1S/C12H21NO2/c14-12-10-8-6-4-2-1-3-5-7-9-11(12)13-15/h15H,1-10H2/b13-11-. The second-order valence-corrected chi connectivity index (χ2v) is 4.30. The first kappa shape index (κ1) is 12.2. The van der Waals surface area contributed by atoms with Crippen LogP contribution in [-0.4, -0.2) is 16.7 Å². The third kappa shape index (κ3) is 4.96. The van der Waals surface area contributed by atoms with E-state index in [1.807, 2.05) is 0 Å². The minimum absolute atomic E-state index is 0.0399. The molecule has 0 aromatic carbocycles. The quantitative estimate of drug-likeness (QED) is 0.493. The molecule has 1 aliphatic carbocycles. The Bertz CT molecular complexity index is 224. The van der Waals surface area contributed by atoms with Crippen LogP contribution < -0.4 is 0 Å². The van der Waals surface area contributed by atoms with Crippen LogP contribution in [0.3, 0.4) is 0 Å². The molecule has 0 spiro atoms. The highest BCUT2D eigenvalue weighted by Gasteiger charge is 2.11. The highest BCUT2D eigenvalue weighted by molar-refractivity contribution is 6.39. The van der Waals surface area contributed by atoms with E-state index in [4.69, 9.17) is 5.21 Å². The monoisotopic (exact) mass is 211 g/mol. The van der Waals surface area contributed by atoms with Crippen LogP contribution in [0.4, 0.5) is 0 Å². The van der Waals surface area contributed by atoms with E-state index in [2.05, 4.69) is 5.16 Å². The second kappa shape index (κ2) is 7.43. The number of carbonyl (C=O) groups is 1. The van der Waals surface area contributed by atoms with E-state index in [0.29, 0.717) is 18.6 Å². The zero-order valence-corrected chi connectivity index (χ0v) is 9.37. The third-order valence-corrected chi connectivity index (χ3v) is 3.01. The number of ketones is 1. The fourth-order valence-corrected chi connectivity index (χ4v) is 2.03. The summed E-state index contributed by atoms with van der Waals surface area (Å²) in [4.78, 5) is 11.6. The van der Waals surface area contributed by atoms with Crippen LogP contribution in [0.1, 0.15) is 64.2 Å². The molecule has 86 valence electrons. The number of rotatable bonds is 0. The van der Waals surface area contributed by atoms with Crippen molar-refractivity contribution >= 4 is 11.5 Å². The van der Waals surface area contributed by atoms with E-state index in [0.717, 1.165) is 25.7 Å². The van der Waals surface area contributed by atoms with Crippen LogP contribution in [0.2, 0.25) is 0 Å². The molecule has 0 heterocycles. The van der Waals surface area contributed by atoms with Gasteiger partial charge in [-0.3, -0.25) is 4.79 Å². The maximum absolute atomic E-state index is 11.6. The fourth-order valence-electron chi connectivity index (χ4n) is 2.03. The van der Waals surface area contributed by atoms with E-state index in [9.17, 15) is 4.79 Å². The Hall–Kier alpha value is -0.860. The molecule has 15 heavy (non-hydrogen) atoms. The lowest BCUT2D eigenvalue weighted by atomic mass is 9.99. The smallest absolute Gasteiger partial charge is 0.180 e. The SMILES string of the molecule is O=C1CCCCCCCCCC/C1=N/O. The van der Waals surface area contributed by atoms with Crippen molar-refractivity contribution in [1.29, 1.82) is 0 Å². The summed E-state index contributed by atoms with van der Waals surface area (Å²) in [5.41, 5.74) is 0.385. The molecular weight excluding hydrogens is 190 g/mol. The number of nitrogens with zero attached hydrogens (tertiary/aromatic N) is 1. The molecule has 1 rings (SSSR count). The van der Waals surface area contributed by atoms with Gasteiger partial charge in [-0.2, -0.15) is 0 Å². The Kier molecular flexibility index (Phi) is 6.05. The molecule has 0 aliphatic heterocycles. The molecule has 0 aromatic rings. The van der Waals surface area contributed by atoms with Gasteiger partial charge in [0.25, 0.3) is 0 Å². The summed E-state index contributed by atoms with van der Waals surface area (Å²) in [6, 6.07) is 0. The maximum atomic E-state index is 11.6. The van der Waals surface area contributed by atoms with Gasteiger partial charge in [0, 0.05) is 6.42 Å². The average Bonchev–Trinajstić information content (AvgIpc) is 2.23. The lowest BCUT2D eigenvalue weighted by molar-refractivity contribution is -0.113. The van der Waals surface area contributed by atoms with Gasteiger partial charge in [0.2, 0.25) is 0 Å². The van der Waals surface area contributed by atoms with Crippen LogP contribution in [0.25, 0.3) is 0 Å². The molecule has 1 N–H and O–H groups in total. The summed E-state index contributed by atoms with van der Waals surface area (Å²) in [7, 11) is 0. The van der Waals surface area contributed by atoms with Gasteiger partial charge in [-0.05, 0) is 19.3 Å². The Balaban J connectivity index is 2.41. The van der Waals surface area contributed by atoms with Crippen LogP contribution in [0.5, 0.6) is 0 Å². The third-order valence-electron chi connectivity index (χ3n) is 3.01. The molecule has 0 unspecified atom stereocenters. The molecule has 0 saturated heterocycles. The van der Waals surface area contributed by atoms with Gasteiger partial charge in [0.05, 0.1) is 0 Å². The number of hydrogen-bond acceptors (Lipinski definition) is 3. The van der Waals surface area contributed by atoms with Crippen LogP contribution >= 0.6 is 0 Å². The summed E-state index contributed by atoms with van der Waals surface area (Å²) in [6.07, 6.45) is 10.5. The van der Waals surface area contributed by atoms with E-state index < -0.39 is 0 Å². The minimum atomic E-state index is 0.0399. The summed E-state index contributed by atoms with van der Waals surface area (Å²) in [5, 5.41) is 11.9. The molecule has 0 bridgehead atoms. The molecule has 1 fully saturated rings. The van der Waals surface area contributed by atoms with E-state index in [-0.39, 0.29) is 5.78 Å². The molecule has 0 radical (unpaired) electrons. The topological polar surface area (TPSA) is 49.7 Å². The van der Waals surface area contributed by atoms with Crippen molar-refractivity contribution in [3.8, 4) is 0 Å². The predicted molar refractivity (Wildman–Crippen MR) is 60.4 cm³/mol. The van der Waals surface area contributed by atoms with E-state index in [1.165, 1.54) is 25.7 Å². The zero-order chi connectivity index (χ0) is 10.9. The predicted octanol–water partition coefficient (Wildman–Crippen LogP) is 3.30. The van der Waals surface area contributed by atoms with E-state index in [1.54, 1.807) is 0 Å². The first-order valence-corrected chi connectivity index (χ1v) is 6.08. The molecule has 0 amide bonds. The van der Waals surface area contributed by atoms with Crippen molar-refractivity contribution in [1.82, 2.24) is 0 Å². The summed E-state index contributed by atoms with van der Waals surface area (Å²) in [5.74, 6) is 0.0399. The van der Waals surface area contributed by atoms with Crippen LogP contribution in [0.15, 0.2) is 5.16 Å². The number of oxime groups is 1. The average molecular weight is 211 g/mol. The molecule has 0 atom stereocenters. The van der Waals surface area contributed by atoms with Gasteiger partial charge < -0.3 is 5.21 Å². The molecule has 1 aliphatic rings. The first-order chi connectivity index (χ1) is 7.34. The maximum Gasteiger partial charge on any atom is 0.180 e. The summed E-state index contributed by atoms with van der Waals surface area (Å²) < 4.78 is 0. The Morgan fingerprint density at radius 2 is 1.27 bits per heavy atom. The highest BCUT2D eigenvalue weighted by Crippen LogP contribution is 2.13. The fraction of sp³-hybridized carbons (Fsp3) is 0.833. The van der Waals surface area contributed by atoms with Crippen molar-refractivity contribution in [3.63, 3.8) is 0 Å². The van der Waals surface area contributed by atoms with Gasteiger partial charge >= 0.3 is 0 Å².